The minimum atomic E-state index is -0.0305. The van der Waals surface area contributed by atoms with Gasteiger partial charge in [0.1, 0.15) is 0 Å². The van der Waals surface area contributed by atoms with Crippen LogP contribution in [0.5, 0.6) is 0 Å². The molecule has 0 saturated carbocycles. The maximum atomic E-state index is 11.4. The van der Waals surface area contributed by atoms with Gasteiger partial charge in [0.05, 0.1) is 0 Å². The molecule has 1 saturated heterocycles. The first-order valence-electron chi connectivity index (χ1n) is 6.46. The smallest absolute Gasteiger partial charge is 0.251 e. The van der Waals surface area contributed by atoms with E-state index < -0.39 is 0 Å². The third-order valence-corrected chi connectivity index (χ3v) is 3.47. The van der Waals surface area contributed by atoms with Crippen molar-refractivity contribution in [2.24, 2.45) is 0 Å². The molecule has 0 aromatic heterocycles. The Morgan fingerprint density at radius 1 is 1.42 bits per heavy atom. The van der Waals surface area contributed by atoms with Crippen LogP contribution in [-0.4, -0.2) is 43.5 Å². The first-order chi connectivity index (χ1) is 8.70. The number of hydrogen-bond acceptors (Lipinski definition) is 3. The van der Waals surface area contributed by atoms with E-state index in [2.05, 4.69) is 22.5 Å². The Bertz CT molecular complexity index is 408. The van der Waals surface area contributed by atoms with Crippen LogP contribution in [0.3, 0.4) is 0 Å². The summed E-state index contributed by atoms with van der Waals surface area (Å²) in [6.45, 7) is 6.39. The Morgan fingerprint density at radius 2 is 2.11 bits per heavy atom. The van der Waals surface area contributed by atoms with Crippen LogP contribution < -0.4 is 10.6 Å². The van der Waals surface area contributed by atoms with Crippen molar-refractivity contribution in [3.63, 3.8) is 0 Å². The van der Waals surface area contributed by atoms with E-state index in [0.717, 1.165) is 31.7 Å². The number of carbonyl (C=O) groups excluding carboxylic acids is 1. The van der Waals surface area contributed by atoms with E-state index in [0.29, 0.717) is 6.04 Å². The lowest BCUT2D eigenvalue weighted by molar-refractivity contribution is 0.0963. The molecule has 0 bridgehead atoms. The molecule has 1 fully saturated rings. The molecule has 1 aliphatic rings. The van der Waals surface area contributed by atoms with E-state index in [1.54, 1.807) is 7.05 Å². The number of piperazine rings is 1. The van der Waals surface area contributed by atoms with Crippen molar-refractivity contribution >= 4 is 18.3 Å². The zero-order valence-corrected chi connectivity index (χ0v) is 12.3. The average Bonchev–Trinajstić information content (AvgIpc) is 2.41. The summed E-state index contributed by atoms with van der Waals surface area (Å²) >= 11 is 0. The Kier molecular flexibility index (Phi) is 6.28. The fourth-order valence-corrected chi connectivity index (χ4v) is 2.26. The van der Waals surface area contributed by atoms with Crippen molar-refractivity contribution in [2.45, 2.75) is 19.5 Å². The highest BCUT2D eigenvalue weighted by molar-refractivity contribution is 5.93. The standard InChI is InChI=1S/C14H21N3O.ClH/c1-11-9-16-7-8-17(11)10-12-3-5-13(6-4-12)14(18)15-2;/h3-6,11,16H,7-10H2,1-2H3,(H,15,18);1H/t11-;/m0./s1. The number of halogens is 1. The summed E-state index contributed by atoms with van der Waals surface area (Å²) in [5.74, 6) is -0.0305. The molecule has 2 rings (SSSR count). The Labute approximate surface area is 121 Å². The summed E-state index contributed by atoms with van der Waals surface area (Å²) in [5.41, 5.74) is 1.98. The molecule has 106 valence electrons. The van der Waals surface area contributed by atoms with Gasteiger partial charge in [0.25, 0.3) is 5.91 Å². The molecule has 0 aliphatic carbocycles. The predicted molar refractivity (Wildman–Crippen MR) is 79.8 cm³/mol. The first-order valence-corrected chi connectivity index (χ1v) is 6.46. The molecule has 19 heavy (non-hydrogen) atoms. The quantitative estimate of drug-likeness (QED) is 0.878. The van der Waals surface area contributed by atoms with Gasteiger partial charge in [-0.25, -0.2) is 0 Å². The lowest BCUT2D eigenvalue weighted by atomic mass is 10.1. The zero-order valence-electron chi connectivity index (χ0n) is 11.5. The number of rotatable bonds is 3. The van der Waals surface area contributed by atoms with Gasteiger partial charge in [-0.15, -0.1) is 12.4 Å². The number of nitrogens with one attached hydrogen (secondary N) is 2. The van der Waals surface area contributed by atoms with E-state index in [1.807, 2.05) is 24.3 Å². The summed E-state index contributed by atoms with van der Waals surface area (Å²) < 4.78 is 0. The monoisotopic (exact) mass is 283 g/mol. The summed E-state index contributed by atoms with van der Waals surface area (Å²) in [6, 6.07) is 8.43. The third-order valence-electron chi connectivity index (χ3n) is 3.47. The second kappa shape index (κ2) is 7.48. The van der Waals surface area contributed by atoms with Gasteiger partial charge in [-0.1, -0.05) is 12.1 Å². The van der Waals surface area contributed by atoms with E-state index in [4.69, 9.17) is 0 Å². The van der Waals surface area contributed by atoms with Gasteiger partial charge in [0.2, 0.25) is 0 Å². The molecule has 1 atom stereocenters. The summed E-state index contributed by atoms with van der Waals surface area (Å²) in [6.07, 6.45) is 0. The molecule has 0 unspecified atom stereocenters. The Hall–Kier alpha value is -1.10. The first kappa shape index (κ1) is 16.0. The average molecular weight is 284 g/mol. The van der Waals surface area contributed by atoms with Gasteiger partial charge >= 0.3 is 0 Å². The summed E-state index contributed by atoms with van der Waals surface area (Å²) in [4.78, 5) is 13.9. The van der Waals surface area contributed by atoms with Crippen LogP contribution in [0.25, 0.3) is 0 Å². The van der Waals surface area contributed by atoms with E-state index in [9.17, 15) is 4.79 Å². The number of benzene rings is 1. The summed E-state index contributed by atoms with van der Waals surface area (Å²) in [5, 5.41) is 6.02. The second-order valence-electron chi connectivity index (χ2n) is 4.80. The lowest BCUT2D eigenvalue weighted by Crippen LogP contribution is -2.49. The van der Waals surface area contributed by atoms with Crippen molar-refractivity contribution in [1.82, 2.24) is 15.5 Å². The van der Waals surface area contributed by atoms with Crippen molar-refractivity contribution < 1.29 is 4.79 Å². The fraction of sp³-hybridized carbons (Fsp3) is 0.500. The van der Waals surface area contributed by atoms with Crippen LogP contribution in [-0.2, 0) is 6.54 Å². The molecular weight excluding hydrogens is 262 g/mol. The number of hydrogen-bond donors (Lipinski definition) is 2. The number of amides is 1. The van der Waals surface area contributed by atoms with Crippen molar-refractivity contribution in [3.05, 3.63) is 35.4 Å². The largest absolute Gasteiger partial charge is 0.355 e. The molecule has 1 aliphatic heterocycles. The number of carbonyl (C=O) groups is 1. The third kappa shape index (κ3) is 4.20. The highest BCUT2D eigenvalue weighted by Crippen LogP contribution is 2.11. The molecular formula is C14H22ClN3O. The van der Waals surface area contributed by atoms with Gasteiger partial charge in [0.15, 0.2) is 0 Å². The molecule has 1 amide bonds. The van der Waals surface area contributed by atoms with Gasteiger partial charge in [-0.2, -0.15) is 0 Å². The Morgan fingerprint density at radius 3 is 2.68 bits per heavy atom. The van der Waals surface area contributed by atoms with Gasteiger partial charge < -0.3 is 10.6 Å². The van der Waals surface area contributed by atoms with Crippen molar-refractivity contribution in [3.8, 4) is 0 Å². The minimum absolute atomic E-state index is 0. The lowest BCUT2D eigenvalue weighted by Gasteiger charge is -2.33. The van der Waals surface area contributed by atoms with Crippen LogP contribution in [0.2, 0.25) is 0 Å². The van der Waals surface area contributed by atoms with Crippen LogP contribution in [0.4, 0.5) is 0 Å². The van der Waals surface area contributed by atoms with Crippen molar-refractivity contribution in [2.75, 3.05) is 26.7 Å². The highest BCUT2D eigenvalue weighted by Gasteiger charge is 2.17. The molecule has 5 heteroatoms. The molecule has 1 aromatic rings. The Balaban J connectivity index is 0.00000180. The van der Waals surface area contributed by atoms with Gasteiger partial charge in [0, 0.05) is 44.8 Å². The van der Waals surface area contributed by atoms with Crippen molar-refractivity contribution in [1.29, 1.82) is 0 Å². The van der Waals surface area contributed by atoms with E-state index >= 15 is 0 Å². The molecule has 0 spiro atoms. The number of nitrogens with zero attached hydrogens (tertiary/aromatic N) is 1. The SMILES string of the molecule is CNC(=O)c1ccc(CN2CCNC[C@@H]2C)cc1.Cl. The van der Waals surface area contributed by atoms with Crippen LogP contribution >= 0.6 is 12.4 Å². The van der Waals surface area contributed by atoms with E-state index in [1.165, 1.54) is 5.56 Å². The van der Waals surface area contributed by atoms with Gasteiger partial charge in [-0.3, -0.25) is 9.69 Å². The second-order valence-corrected chi connectivity index (χ2v) is 4.80. The molecule has 1 aromatic carbocycles. The topological polar surface area (TPSA) is 44.4 Å². The minimum Gasteiger partial charge on any atom is -0.355 e. The predicted octanol–water partition coefficient (Wildman–Crippen LogP) is 1.26. The summed E-state index contributed by atoms with van der Waals surface area (Å²) in [7, 11) is 1.65. The van der Waals surface area contributed by atoms with Crippen LogP contribution in [0.1, 0.15) is 22.8 Å². The fourth-order valence-electron chi connectivity index (χ4n) is 2.26. The maximum absolute atomic E-state index is 11.4. The molecule has 2 N–H and O–H groups in total. The molecule has 4 nitrogen and oxygen atoms in total. The molecule has 1 heterocycles. The zero-order chi connectivity index (χ0) is 13.0. The van der Waals surface area contributed by atoms with E-state index in [-0.39, 0.29) is 18.3 Å². The van der Waals surface area contributed by atoms with Gasteiger partial charge in [-0.05, 0) is 24.6 Å². The van der Waals surface area contributed by atoms with Crippen LogP contribution in [0.15, 0.2) is 24.3 Å². The highest BCUT2D eigenvalue weighted by atomic mass is 35.5. The maximum Gasteiger partial charge on any atom is 0.251 e. The van der Waals surface area contributed by atoms with Crippen LogP contribution in [0, 0.1) is 0 Å². The molecule has 0 radical (unpaired) electrons. The normalized spacial score (nSPS) is 19.6.